The number of piperazine rings is 1. The van der Waals surface area contributed by atoms with Gasteiger partial charge >= 0.3 is 0 Å². The van der Waals surface area contributed by atoms with Gasteiger partial charge in [-0.15, -0.1) is 0 Å². The first-order valence-corrected chi connectivity index (χ1v) is 15.6. The molecule has 1 aliphatic heterocycles. The molecule has 2 aromatic rings. The summed E-state index contributed by atoms with van der Waals surface area (Å²) >= 11 is -1.06. The summed E-state index contributed by atoms with van der Waals surface area (Å²) in [6.45, 7) is 5.43. The van der Waals surface area contributed by atoms with E-state index in [1.165, 1.54) is 12.1 Å². The summed E-state index contributed by atoms with van der Waals surface area (Å²) < 4.78 is 50.9. The van der Waals surface area contributed by atoms with E-state index in [2.05, 4.69) is 9.62 Å². The van der Waals surface area contributed by atoms with Crippen LogP contribution in [0, 0.1) is 5.82 Å². The normalized spacial score (nSPS) is 18.4. The molecule has 1 fully saturated rings. The lowest BCUT2D eigenvalue weighted by molar-refractivity contribution is -0.131. The van der Waals surface area contributed by atoms with Crippen LogP contribution in [0.4, 0.5) is 4.39 Å². The fraction of sp³-hybridized carbons (Fsp3) is 0.370. The summed E-state index contributed by atoms with van der Waals surface area (Å²) in [5.41, 5.74) is 5.28. The first kappa shape index (κ1) is 27.5. The van der Waals surface area contributed by atoms with Gasteiger partial charge in [0.05, 0.1) is 12.7 Å². The first-order chi connectivity index (χ1) is 17.5. The van der Waals surface area contributed by atoms with Crippen LogP contribution in [0.5, 0.6) is 0 Å². The fourth-order valence-corrected chi connectivity index (χ4v) is 5.76. The fourth-order valence-electron chi connectivity index (χ4n) is 4.78. The van der Waals surface area contributed by atoms with Gasteiger partial charge in [-0.2, -0.15) is 0 Å². The van der Waals surface area contributed by atoms with Gasteiger partial charge in [0.25, 0.3) is 0 Å². The highest BCUT2D eigenvalue weighted by Gasteiger charge is 2.28. The summed E-state index contributed by atoms with van der Waals surface area (Å²) in [5.74, 6) is -0.308. The minimum absolute atomic E-state index is 0.0227. The Morgan fingerprint density at radius 1 is 1.11 bits per heavy atom. The molecule has 2 aromatic carbocycles. The van der Waals surface area contributed by atoms with Gasteiger partial charge in [0, 0.05) is 39.3 Å². The maximum atomic E-state index is 14.2. The number of allylic oxidation sites excluding steroid dienone is 2. The lowest BCUT2D eigenvalue weighted by Gasteiger charge is -2.35. The molecule has 1 saturated heterocycles. The van der Waals surface area contributed by atoms with Crippen molar-refractivity contribution < 1.29 is 22.2 Å². The van der Waals surface area contributed by atoms with Crippen molar-refractivity contribution in [2.45, 2.75) is 18.2 Å². The van der Waals surface area contributed by atoms with Crippen LogP contribution in [0.25, 0.3) is 17.2 Å². The number of halogens is 1. The minimum atomic E-state index is -3.21. The molecule has 7 nitrogen and oxygen atoms in total. The Morgan fingerprint density at radius 3 is 2.41 bits per heavy atom. The predicted molar refractivity (Wildman–Crippen MR) is 146 cm³/mol. The smallest absolute Gasteiger partial charge is 0.227 e. The highest BCUT2D eigenvalue weighted by molar-refractivity contribution is 7.90. The molecular weight excluding hydrogens is 513 g/mol. The van der Waals surface area contributed by atoms with Gasteiger partial charge in [-0.3, -0.25) is 9.69 Å². The van der Waals surface area contributed by atoms with E-state index in [9.17, 15) is 22.2 Å². The van der Waals surface area contributed by atoms with Gasteiger partial charge in [-0.05, 0) is 94.0 Å². The van der Waals surface area contributed by atoms with Gasteiger partial charge in [0.15, 0.2) is 4.90 Å². The molecule has 1 amide bonds. The van der Waals surface area contributed by atoms with Crippen molar-refractivity contribution in [3.63, 3.8) is 0 Å². The molecule has 1 aliphatic carbocycles. The number of hydrogen-bond acceptors (Lipinski definition) is 5. The lowest BCUT2D eigenvalue weighted by Crippen LogP contribution is -2.50. The van der Waals surface area contributed by atoms with Crippen LogP contribution < -0.4 is 4.72 Å². The third-order valence-electron chi connectivity index (χ3n) is 6.82. The van der Waals surface area contributed by atoms with Gasteiger partial charge in [-0.1, -0.05) is 6.07 Å². The van der Waals surface area contributed by atoms with Gasteiger partial charge < -0.3 is 9.45 Å². The largest absolute Gasteiger partial charge is 0.612 e. The Bertz CT molecular complexity index is 1330. The molecule has 0 bridgehead atoms. The Balaban J connectivity index is 1.48. The van der Waals surface area contributed by atoms with Crippen LogP contribution in [0.3, 0.4) is 0 Å². The third-order valence-corrected chi connectivity index (χ3v) is 8.49. The average molecular weight is 546 g/mol. The zero-order valence-electron chi connectivity index (χ0n) is 21.3. The topological polar surface area (TPSA) is 92.8 Å². The molecule has 1 heterocycles. The molecule has 2 aliphatic rings. The Morgan fingerprint density at radius 2 is 1.78 bits per heavy atom. The van der Waals surface area contributed by atoms with E-state index in [1.54, 1.807) is 12.3 Å². The number of hydrogen-bond donors (Lipinski definition) is 1. The molecule has 0 spiro atoms. The second-order valence-electron chi connectivity index (χ2n) is 9.44. The molecule has 0 radical (unpaired) electrons. The van der Waals surface area contributed by atoms with Crippen LogP contribution >= 0.6 is 0 Å². The third kappa shape index (κ3) is 6.88. The van der Waals surface area contributed by atoms with Crippen molar-refractivity contribution in [1.82, 2.24) is 14.5 Å². The lowest BCUT2D eigenvalue weighted by atomic mass is 10.0. The molecule has 198 valence electrons. The monoisotopic (exact) mass is 545 g/mol. The maximum absolute atomic E-state index is 14.2. The van der Waals surface area contributed by atoms with E-state index in [0.29, 0.717) is 39.3 Å². The second-order valence-corrected chi connectivity index (χ2v) is 12.7. The van der Waals surface area contributed by atoms with E-state index >= 15 is 0 Å². The number of fused-ring (bicyclic) bond motifs is 1. The quantitative estimate of drug-likeness (QED) is 0.515. The maximum Gasteiger partial charge on any atom is 0.227 e. The highest BCUT2D eigenvalue weighted by atomic mass is 32.2. The second kappa shape index (κ2) is 11.5. The molecule has 1 unspecified atom stereocenters. The number of nitrogens with zero attached hydrogens (tertiary/aromatic N) is 2. The van der Waals surface area contributed by atoms with E-state index in [0.717, 1.165) is 44.6 Å². The Kier molecular flexibility index (Phi) is 8.55. The number of sulfonamides is 1. The van der Waals surface area contributed by atoms with Crippen molar-refractivity contribution >= 4 is 44.3 Å². The van der Waals surface area contributed by atoms with E-state index < -0.39 is 21.2 Å². The number of benzene rings is 2. The van der Waals surface area contributed by atoms with Gasteiger partial charge in [-0.25, -0.2) is 17.5 Å². The van der Waals surface area contributed by atoms with Crippen LogP contribution in [-0.2, 0) is 26.0 Å². The first-order valence-electron chi connectivity index (χ1n) is 12.1. The number of amides is 1. The molecule has 10 heteroatoms. The standard InChI is InChI=1S/C27H32FN3O4S2/c1-19-24(16-20-4-7-22(8-5-20)36(2)33)26-17-21(28)6-9-23(26)25(19)18-27(32)31-14-12-30(13-15-31)11-10-29-37(3,34)35/h4-9,16-17,29H,10-15,18H2,1-3H3/b24-16-. The molecule has 37 heavy (non-hydrogen) atoms. The molecular formula is C27H32FN3O4S2. The van der Waals surface area contributed by atoms with Gasteiger partial charge in [0.2, 0.25) is 15.9 Å². The number of nitrogens with one attached hydrogen (secondary N) is 1. The zero-order valence-corrected chi connectivity index (χ0v) is 22.9. The van der Waals surface area contributed by atoms with E-state index in [1.807, 2.05) is 42.2 Å². The van der Waals surface area contributed by atoms with Crippen LogP contribution in [0.2, 0.25) is 0 Å². The summed E-state index contributed by atoms with van der Waals surface area (Å²) in [5, 5.41) is 0. The van der Waals surface area contributed by atoms with E-state index in [-0.39, 0.29) is 18.1 Å². The molecule has 4 rings (SSSR count). The number of carbonyl (C=O) groups excluding carboxylic acids is 1. The average Bonchev–Trinajstić information content (AvgIpc) is 3.09. The zero-order chi connectivity index (χ0) is 26.7. The summed E-state index contributed by atoms with van der Waals surface area (Å²) in [4.78, 5) is 18.0. The highest BCUT2D eigenvalue weighted by Crippen LogP contribution is 2.44. The van der Waals surface area contributed by atoms with E-state index in [4.69, 9.17) is 0 Å². The summed E-state index contributed by atoms with van der Waals surface area (Å²) in [6, 6.07) is 12.1. The van der Waals surface area contributed by atoms with Crippen molar-refractivity contribution in [2.75, 3.05) is 51.8 Å². The summed E-state index contributed by atoms with van der Waals surface area (Å²) in [6.07, 6.45) is 4.99. The molecule has 0 aromatic heterocycles. The van der Waals surface area contributed by atoms with Crippen LogP contribution in [-0.4, -0.2) is 80.5 Å². The Hall–Kier alpha value is -2.50. The van der Waals surface area contributed by atoms with Crippen LogP contribution in [0.1, 0.15) is 30.0 Å². The number of carbonyl (C=O) groups is 1. The van der Waals surface area contributed by atoms with Gasteiger partial charge in [0.1, 0.15) is 12.1 Å². The van der Waals surface area contributed by atoms with Crippen LogP contribution in [0.15, 0.2) is 52.9 Å². The SMILES string of the molecule is CC1=C(CC(=O)N2CCN(CCNS(C)(=O)=O)CC2)c2ccc(F)cc2/C1=C\c1ccc([S+](C)[O-])cc1. The Labute approximate surface area is 221 Å². The summed E-state index contributed by atoms with van der Waals surface area (Å²) in [7, 11) is -3.21. The van der Waals surface area contributed by atoms with Crippen molar-refractivity contribution in [3.8, 4) is 0 Å². The minimum Gasteiger partial charge on any atom is -0.612 e. The van der Waals surface area contributed by atoms with Crippen molar-refractivity contribution in [1.29, 1.82) is 0 Å². The van der Waals surface area contributed by atoms with Crippen molar-refractivity contribution in [2.24, 2.45) is 0 Å². The number of rotatable bonds is 8. The molecule has 1 atom stereocenters. The molecule has 0 saturated carbocycles. The molecule has 1 N–H and O–H groups in total. The van der Waals surface area contributed by atoms with Crippen molar-refractivity contribution in [3.05, 3.63) is 70.5 Å². The predicted octanol–water partition coefficient (Wildman–Crippen LogP) is 2.97.